The quantitative estimate of drug-likeness (QED) is 0.909. The third-order valence-corrected chi connectivity index (χ3v) is 3.25. The number of aliphatic hydroxyl groups is 1. The fourth-order valence-corrected chi connectivity index (χ4v) is 2.51. The zero-order valence-corrected chi connectivity index (χ0v) is 11.0. The number of aliphatic hydroxyl groups excluding tert-OH is 1. The molecule has 0 fully saturated rings. The Labute approximate surface area is 106 Å². The summed E-state index contributed by atoms with van der Waals surface area (Å²) >= 11 is 6.16. The Bertz CT molecular complexity index is 534. The van der Waals surface area contributed by atoms with E-state index in [9.17, 15) is 0 Å². The molecule has 2 rings (SSSR count). The number of hydrogen-bond donors (Lipinski definition) is 1. The predicted octanol–water partition coefficient (Wildman–Crippen LogP) is 2.78. The third kappa shape index (κ3) is 2.31. The standard InChI is InChI=1S/C13H17ClN2O/c1-3-11-10(5-4-6-17)7-12-13(14)15-9(2)8-16(11)12/h7-8,17H,3-6H2,1-2H3. The summed E-state index contributed by atoms with van der Waals surface area (Å²) in [6.07, 6.45) is 4.64. The Morgan fingerprint density at radius 3 is 2.88 bits per heavy atom. The smallest absolute Gasteiger partial charge is 0.153 e. The predicted molar refractivity (Wildman–Crippen MR) is 69.7 cm³/mol. The van der Waals surface area contributed by atoms with Crippen molar-refractivity contribution in [1.29, 1.82) is 0 Å². The Morgan fingerprint density at radius 1 is 1.47 bits per heavy atom. The maximum Gasteiger partial charge on any atom is 0.153 e. The number of aryl methyl sites for hydroxylation is 3. The second kappa shape index (κ2) is 5.07. The minimum absolute atomic E-state index is 0.223. The SMILES string of the molecule is CCc1c(CCCO)cc2c(Cl)nc(C)cn12. The molecule has 4 heteroatoms. The van der Waals surface area contributed by atoms with Crippen LogP contribution in [0.1, 0.15) is 30.3 Å². The Kier molecular flexibility index (Phi) is 3.69. The van der Waals surface area contributed by atoms with Crippen LogP contribution in [0.25, 0.3) is 5.52 Å². The molecule has 0 aliphatic carbocycles. The first-order valence-corrected chi connectivity index (χ1v) is 6.32. The highest BCUT2D eigenvalue weighted by molar-refractivity contribution is 6.32. The van der Waals surface area contributed by atoms with Crippen LogP contribution in [0.2, 0.25) is 5.15 Å². The summed E-state index contributed by atoms with van der Waals surface area (Å²) in [6.45, 7) is 4.30. The van der Waals surface area contributed by atoms with E-state index < -0.39 is 0 Å². The van der Waals surface area contributed by atoms with Crippen LogP contribution in [-0.4, -0.2) is 21.1 Å². The average Bonchev–Trinajstić information content (AvgIpc) is 2.64. The van der Waals surface area contributed by atoms with Crippen LogP contribution in [0.4, 0.5) is 0 Å². The monoisotopic (exact) mass is 252 g/mol. The van der Waals surface area contributed by atoms with Gasteiger partial charge in [0, 0.05) is 18.5 Å². The first-order chi connectivity index (χ1) is 8.17. The van der Waals surface area contributed by atoms with E-state index in [4.69, 9.17) is 16.7 Å². The van der Waals surface area contributed by atoms with Crippen molar-refractivity contribution in [2.24, 2.45) is 0 Å². The highest BCUT2D eigenvalue weighted by Gasteiger charge is 2.11. The summed E-state index contributed by atoms with van der Waals surface area (Å²) in [6, 6.07) is 2.09. The molecule has 0 spiro atoms. The summed E-state index contributed by atoms with van der Waals surface area (Å²) in [4.78, 5) is 4.27. The number of rotatable bonds is 4. The van der Waals surface area contributed by atoms with Gasteiger partial charge in [0.2, 0.25) is 0 Å². The molecule has 17 heavy (non-hydrogen) atoms. The molecule has 0 aliphatic heterocycles. The van der Waals surface area contributed by atoms with E-state index in [2.05, 4.69) is 22.4 Å². The van der Waals surface area contributed by atoms with Gasteiger partial charge < -0.3 is 9.51 Å². The fraction of sp³-hybridized carbons (Fsp3) is 0.462. The molecule has 0 saturated heterocycles. The lowest BCUT2D eigenvalue weighted by atomic mass is 10.1. The second-order valence-corrected chi connectivity index (χ2v) is 4.58. The number of hydrogen-bond acceptors (Lipinski definition) is 2. The Hall–Kier alpha value is -1.06. The lowest BCUT2D eigenvalue weighted by Crippen LogP contribution is -1.98. The van der Waals surface area contributed by atoms with Crippen molar-refractivity contribution < 1.29 is 5.11 Å². The van der Waals surface area contributed by atoms with Crippen LogP contribution in [0.15, 0.2) is 12.3 Å². The maximum absolute atomic E-state index is 8.92. The zero-order valence-electron chi connectivity index (χ0n) is 10.2. The van der Waals surface area contributed by atoms with Gasteiger partial charge in [-0.3, -0.25) is 0 Å². The average molecular weight is 253 g/mol. The lowest BCUT2D eigenvalue weighted by molar-refractivity contribution is 0.288. The second-order valence-electron chi connectivity index (χ2n) is 4.23. The fourth-order valence-electron chi connectivity index (χ4n) is 2.24. The molecule has 0 saturated carbocycles. The minimum atomic E-state index is 0.223. The van der Waals surface area contributed by atoms with E-state index in [0.717, 1.165) is 30.5 Å². The molecule has 3 nitrogen and oxygen atoms in total. The van der Waals surface area contributed by atoms with Crippen molar-refractivity contribution in [3.8, 4) is 0 Å². The number of nitrogens with zero attached hydrogens (tertiary/aromatic N) is 2. The Balaban J connectivity index is 2.58. The van der Waals surface area contributed by atoms with Gasteiger partial charge in [0.05, 0.1) is 11.2 Å². The van der Waals surface area contributed by atoms with Crippen LogP contribution in [0.5, 0.6) is 0 Å². The molecule has 0 aromatic carbocycles. The summed E-state index contributed by atoms with van der Waals surface area (Å²) in [5, 5.41) is 9.47. The molecule has 1 N–H and O–H groups in total. The van der Waals surface area contributed by atoms with Crippen molar-refractivity contribution in [2.75, 3.05) is 6.61 Å². The maximum atomic E-state index is 8.92. The topological polar surface area (TPSA) is 37.5 Å². The van der Waals surface area contributed by atoms with Crippen LogP contribution in [0, 0.1) is 6.92 Å². The molecular formula is C13H17ClN2O. The zero-order chi connectivity index (χ0) is 12.4. The normalized spacial score (nSPS) is 11.3. The van der Waals surface area contributed by atoms with Gasteiger partial charge in [0.1, 0.15) is 0 Å². The molecule has 2 aromatic heterocycles. The van der Waals surface area contributed by atoms with Gasteiger partial charge >= 0.3 is 0 Å². The van der Waals surface area contributed by atoms with Crippen molar-refractivity contribution in [3.05, 3.63) is 34.4 Å². The van der Waals surface area contributed by atoms with Gasteiger partial charge in [0.25, 0.3) is 0 Å². The van der Waals surface area contributed by atoms with Crippen molar-refractivity contribution in [1.82, 2.24) is 9.38 Å². The van der Waals surface area contributed by atoms with Gasteiger partial charge in [0.15, 0.2) is 5.15 Å². The first kappa shape index (κ1) is 12.4. The minimum Gasteiger partial charge on any atom is -0.396 e. The van der Waals surface area contributed by atoms with E-state index in [-0.39, 0.29) is 6.61 Å². The highest BCUT2D eigenvalue weighted by atomic mass is 35.5. The summed E-state index contributed by atoms with van der Waals surface area (Å²) in [5.74, 6) is 0. The largest absolute Gasteiger partial charge is 0.396 e. The summed E-state index contributed by atoms with van der Waals surface area (Å²) in [7, 11) is 0. The molecule has 0 amide bonds. The molecule has 0 radical (unpaired) electrons. The van der Waals surface area contributed by atoms with Crippen LogP contribution < -0.4 is 0 Å². The van der Waals surface area contributed by atoms with Gasteiger partial charge in [-0.1, -0.05) is 18.5 Å². The van der Waals surface area contributed by atoms with Crippen molar-refractivity contribution in [2.45, 2.75) is 33.1 Å². The lowest BCUT2D eigenvalue weighted by Gasteiger charge is -2.05. The first-order valence-electron chi connectivity index (χ1n) is 5.94. The van der Waals surface area contributed by atoms with Gasteiger partial charge in [-0.2, -0.15) is 0 Å². The molecule has 0 aliphatic rings. The van der Waals surface area contributed by atoms with Gasteiger partial charge in [-0.25, -0.2) is 4.98 Å². The van der Waals surface area contributed by atoms with Crippen LogP contribution in [-0.2, 0) is 12.8 Å². The molecule has 2 heterocycles. The number of halogens is 1. The molecule has 0 atom stereocenters. The summed E-state index contributed by atoms with van der Waals surface area (Å²) < 4.78 is 2.12. The van der Waals surface area contributed by atoms with Crippen molar-refractivity contribution in [3.63, 3.8) is 0 Å². The van der Waals surface area contributed by atoms with E-state index in [0.29, 0.717) is 5.15 Å². The third-order valence-electron chi connectivity index (χ3n) is 2.97. The van der Waals surface area contributed by atoms with Gasteiger partial charge in [-0.15, -0.1) is 0 Å². The number of fused-ring (bicyclic) bond motifs is 1. The molecule has 92 valence electrons. The van der Waals surface area contributed by atoms with Crippen LogP contribution in [0.3, 0.4) is 0 Å². The van der Waals surface area contributed by atoms with E-state index in [1.807, 2.05) is 13.1 Å². The van der Waals surface area contributed by atoms with Gasteiger partial charge in [-0.05, 0) is 37.8 Å². The Morgan fingerprint density at radius 2 is 2.24 bits per heavy atom. The molecule has 2 aromatic rings. The summed E-state index contributed by atoms with van der Waals surface area (Å²) in [5.41, 5.74) is 4.40. The molecule has 0 unspecified atom stereocenters. The van der Waals surface area contributed by atoms with E-state index >= 15 is 0 Å². The molecular weight excluding hydrogens is 236 g/mol. The number of aromatic nitrogens is 2. The van der Waals surface area contributed by atoms with Crippen LogP contribution >= 0.6 is 11.6 Å². The van der Waals surface area contributed by atoms with E-state index in [1.165, 1.54) is 11.3 Å². The highest BCUT2D eigenvalue weighted by Crippen LogP contribution is 2.24. The van der Waals surface area contributed by atoms with Crippen molar-refractivity contribution >= 4 is 17.1 Å². The van der Waals surface area contributed by atoms with E-state index in [1.54, 1.807) is 0 Å². The molecule has 0 bridgehead atoms.